The molecule has 0 saturated carbocycles. The van der Waals surface area contributed by atoms with Gasteiger partial charge in [0, 0.05) is 0 Å². The highest BCUT2D eigenvalue weighted by atomic mass is 35.5. The minimum Gasteiger partial charge on any atom is -0.493 e. The molecular weight excluding hydrogens is 282 g/mol. The molecule has 0 heterocycles. The highest BCUT2D eigenvalue weighted by Gasteiger charge is 2.25. The summed E-state index contributed by atoms with van der Waals surface area (Å²) in [7, 11) is 3.05. The molecule has 1 atom stereocenters. The maximum Gasteiger partial charge on any atom is 0.243 e. The van der Waals surface area contributed by atoms with Crippen LogP contribution in [-0.4, -0.2) is 37.4 Å². The van der Waals surface area contributed by atoms with Gasteiger partial charge >= 0.3 is 0 Å². The summed E-state index contributed by atoms with van der Waals surface area (Å²) in [6.45, 7) is 3.25. The van der Waals surface area contributed by atoms with Gasteiger partial charge < -0.3 is 19.9 Å². The highest BCUT2D eigenvalue weighted by molar-refractivity contribution is 6.30. The fraction of sp³-hybridized carbons (Fsp3) is 0.500. The standard InChI is InChI=1S/C14H20ClNO4/c1-14(2,8-17)16-13(18)12(15)9-5-6-10(19-3)11(7-9)20-4/h5-7,12,17H,8H2,1-4H3,(H,16,18). The van der Waals surface area contributed by atoms with E-state index < -0.39 is 10.9 Å². The first-order chi connectivity index (χ1) is 9.34. The van der Waals surface area contributed by atoms with Crippen molar-refractivity contribution in [2.75, 3.05) is 20.8 Å². The van der Waals surface area contributed by atoms with Crippen molar-refractivity contribution < 1.29 is 19.4 Å². The number of carbonyl (C=O) groups excluding carboxylic acids is 1. The van der Waals surface area contributed by atoms with Crippen molar-refractivity contribution in [1.29, 1.82) is 0 Å². The summed E-state index contributed by atoms with van der Waals surface area (Å²) in [5, 5.41) is 11.0. The molecule has 0 aliphatic rings. The Morgan fingerprint density at radius 2 is 1.95 bits per heavy atom. The Hall–Kier alpha value is -1.46. The number of hydrogen-bond acceptors (Lipinski definition) is 4. The first-order valence-electron chi connectivity index (χ1n) is 6.13. The SMILES string of the molecule is COc1ccc(C(Cl)C(=O)NC(C)(C)CO)cc1OC. The number of halogens is 1. The monoisotopic (exact) mass is 301 g/mol. The van der Waals surface area contributed by atoms with Gasteiger partial charge in [0.25, 0.3) is 0 Å². The third-order valence-electron chi connectivity index (χ3n) is 2.79. The van der Waals surface area contributed by atoms with Crippen LogP contribution in [-0.2, 0) is 4.79 Å². The normalized spacial score (nSPS) is 12.7. The molecule has 1 aromatic rings. The molecule has 1 amide bonds. The molecular formula is C14H20ClNO4. The van der Waals surface area contributed by atoms with E-state index in [4.69, 9.17) is 26.2 Å². The molecule has 0 saturated heterocycles. The maximum atomic E-state index is 12.0. The van der Waals surface area contributed by atoms with Crippen LogP contribution in [0.25, 0.3) is 0 Å². The van der Waals surface area contributed by atoms with Gasteiger partial charge in [-0.15, -0.1) is 11.6 Å². The lowest BCUT2D eigenvalue weighted by Gasteiger charge is -2.25. The topological polar surface area (TPSA) is 67.8 Å². The number of methoxy groups -OCH3 is 2. The van der Waals surface area contributed by atoms with Crippen LogP contribution in [0.2, 0.25) is 0 Å². The van der Waals surface area contributed by atoms with E-state index in [2.05, 4.69) is 5.32 Å². The summed E-state index contributed by atoms with van der Waals surface area (Å²) in [5.74, 6) is 0.694. The highest BCUT2D eigenvalue weighted by Crippen LogP contribution is 2.32. The fourth-order valence-electron chi connectivity index (χ4n) is 1.60. The summed E-state index contributed by atoms with van der Waals surface area (Å²) >= 11 is 6.15. The number of hydrogen-bond donors (Lipinski definition) is 2. The number of amides is 1. The molecule has 0 aliphatic heterocycles. The van der Waals surface area contributed by atoms with Crippen LogP contribution in [0.3, 0.4) is 0 Å². The zero-order valence-corrected chi connectivity index (χ0v) is 12.8. The third kappa shape index (κ3) is 4.02. The Balaban J connectivity index is 2.92. The molecule has 0 spiro atoms. The molecule has 1 unspecified atom stereocenters. The van der Waals surface area contributed by atoms with E-state index in [1.807, 2.05) is 0 Å². The molecule has 112 valence electrons. The number of rotatable bonds is 6. The van der Waals surface area contributed by atoms with Crippen molar-refractivity contribution in [3.63, 3.8) is 0 Å². The van der Waals surface area contributed by atoms with E-state index in [9.17, 15) is 4.79 Å². The molecule has 2 N–H and O–H groups in total. The second kappa shape index (κ2) is 6.81. The van der Waals surface area contributed by atoms with E-state index >= 15 is 0 Å². The molecule has 0 radical (unpaired) electrons. The average Bonchev–Trinajstić information content (AvgIpc) is 2.45. The largest absolute Gasteiger partial charge is 0.493 e. The van der Waals surface area contributed by atoms with Gasteiger partial charge in [0.1, 0.15) is 5.38 Å². The zero-order valence-electron chi connectivity index (χ0n) is 12.1. The van der Waals surface area contributed by atoms with Gasteiger partial charge in [0.05, 0.1) is 26.4 Å². The molecule has 0 aliphatic carbocycles. The van der Waals surface area contributed by atoms with Gasteiger partial charge in [-0.25, -0.2) is 0 Å². The van der Waals surface area contributed by atoms with Crippen molar-refractivity contribution in [2.45, 2.75) is 24.8 Å². The van der Waals surface area contributed by atoms with Crippen molar-refractivity contribution in [3.8, 4) is 11.5 Å². The predicted molar refractivity (Wildman–Crippen MR) is 77.4 cm³/mol. The van der Waals surface area contributed by atoms with E-state index in [1.165, 1.54) is 14.2 Å². The molecule has 20 heavy (non-hydrogen) atoms. The summed E-state index contributed by atoms with van der Waals surface area (Å²) in [6, 6.07) is 5.04. The summed E-state index contributed by atoms with van der Waals surface area (Å²) < 4.78 is 10.3. The first-order valence-corrected chi connectivity index (χ1v) is 6.57. The molecule has 0 fully saturated rings. The number of alkyl halides is 1. The number of aliphatic hydroxyl groups excluding tert-OH is 1. The van der Waals surface area contributed by atoms with E-state index in [0.717, 1.165) is 0 Å². The molecule has 5 nitrogen and oxygen atoms in total. The van der Waals surface area contributed by atoms with Crippen LogP contribution in [0.5, 0.6) is 11.5 Å². The molecule has 6 heteroatoms. The van der Waals surface area contributed by atoms with Gasteiger partial charge in [0.2, 0.25) is 5.91 Å². The smallest absolute Gasteiger partial charge is 0.243 e. The van der Waals surface area contributed by atoms with Crippen molar-refractivity contribution in [1.82, 2.24) is 5.32 Å². The Labute approximate surface area is 123 Å². The van der Waals surface area contributed by atoms with Crippen molar-refractivity contribution in [2.24, 2.45) is 0 Å². The van der Waals surface area contributed by atoms with Crippen molar-refractivity contribution >= 4 is 17.5 Å². The Morgan fingerprint density at radius 1 is 1.35 bits per heavy atom. The van der Waals surface area contributed by atoms with Crippen LogP contribution in [0.1, 0.15) is 24.8 Å². The second-order valence-electron chi connectivity index (χ2n) is 5.01. The number of nitrogens with one attached hydrogen (secondary N) is 1. The average molecular weight is 302 g/mol. The van der Waals surface area contributed by atoms with Crippen molar-refractivity contribution in [3.05, 3.63) is 23.8 Å². The third-order valence-corrected chi connectivity index (χ3v) is 3.24. The number of carbonyl (C=O) groups is 1. The van der Waals surface area contributed by atoms with Crippen LogP contribution in [0.4, 0.5) is 0 Å². The van der Waals surface area contributed by atoms with Gasteiger partial charge in [-0.2, -0.15) is 0 Å². The van der Waals surface area contributed by atoms with Gasteiger partial charge in [-0.05, 0) is 31.5 Å². The lowest BCUT2D eigenvalue weighted by Crippen LogP contribution is -2.47. The van der Waals surface area contributed by atoms with E-state index in [1.54, 1.807) is 32.0 Å². The number of ether oxygens (including phenoxy) is 2. The minimum absolute atomic E-state index is 0.172. The molecule has 0 aromatic heterocycles. The van der Waals surface area contributed by atoms with E-state index in [-0.39, 0.29) is 12.5 Å². The zero-order chi connectivity index (χ0) is 15.3. The van der Waals surface area contributed by atoms with Gasteiger partial charge in [-0.3, -0.25) is 4.79 Å². The first kappa shape index (κ1) is 16.6. The maximum absolute atomic E-state index is 12.0. The van der Waals surface area contributed by atoms with Gasteiger partial charge in [-0.1, -0.05) is 6.07 Å². The molecule has 1 rings (SSSR count). The second-order valence-corrected chi connectivity index (χ2v) is 5.44. The molecule has 0 bridgehead atoms. The minimum atomic E-state index is -0.874. The summed E-state index contributed by atoms with van der Waals surface area (Å²) in [6.07, 6.45) is 0. The van der Waals surface area contributed by atoms with Crippen LogP contribution >= 0.6 is 11.6 Å². The van der Waals surface area contributed by atoms with Crippen LogP contribution < -0.4 is 14.8 Å². The van der Waals surface area contributed by atoms with E-state index in [0.29, 0.717) is 17.1 Å². The Kier molecular flexibility index (Phi) is 5.65. The number of benzene rings is 1. The lowest BCUT2D eigenvalue weighted by atomic mass is 10.1. The Bertz CT molecular complexity index is 476. The quantitative estimate of drug-likeness (QED) is 0.787. The van der Waals surface area contributed by atoms with Gasteiger partial charge in [0.15, 0.2) is 11.5 Å². The van der Waals surface area contributed by atoms with Crippen LogP contribution in [0.15, 0.2) is 18.2 Å². The molecule has 1 aromatic carbocycles. The summed E-state index contributed by atoms with van der Waals surface area (Å²) in [5.41, 5.74) is -0.128. The summed E-state index contributed by atoms with van der Waals surface area (Å²) in [4.78, 5) is 12.0. The number of aliphatic hydroxyl groups is 1. The lowest BCUT2D eigenvalue weighted by molar-refractivity contribution is -0.122. The predicted octanol–water partition coefficient (Wildman–Crippen LogP) is 1.87. The van der Waals surface area contributed by atoms with Crippen LogP contribution in [0, 0.1) is 0 Å². The Morgan fingerprint density at radius 3 is 2.45 bits per heavy atom. The fourth-order valence-corrected chi connectivity index (χ4v) is 1.79.